The fourth-order valence-electron chi connectivity index (χ4n) is 0.758. The minimum absolute atomic E-state index is 1.01. The number of nitrogens with zero attached hydrogens (tertiary/aromatic N) is 2. The monoisotopic (exact) mass is 224 g/mol. The summed E-state index contributed by atoms with van der Waals surface area (Å²) in [6, 6.07) is 0. The van der Waals surface area contributed by atoms with Crippen molar-refractivity contribution in [3.63, 3.8) is 0 Å². The van der Waals surface area contributed by atoms with Crippen LogP contribution in [0.15, 0.2) is 0 Å². The van der Waals surface area contributed by atoms with Crippen molar-refractivity contribution in [2.24, 2.45) is 0 Å². The molecule has 0 rings (SSSR count). The largest absolute Gasteiger partial charge is 0.226 e. The minimum atomic E-state index is 1.01. The van der Waals surface area contributed by atoms with Crippen molar-refractivity contribution in [1.29, 1.82) is 0 Å². The third-order valence-electron chi connectivity index (χ3n) is 1.68. The molecular formula is C8H20N2OS2. The van der Waals surface area contributed by atoms with Crippen molar-refractivity contribution >= 4 is 24.5 Å². The normalized spacial score (nSPS) is 11.5. The average molecular weight is 224 g/mol. The lowest BCUT2D eigenvalue weighted by Gasteiger charge is -2.18. The van der Waals surface area contributed by atoms with Crippen molar-refractivity contribution in [3.8, 4) is 0 Å². The first-order valence-corrected chi connectivity index (χ1v) is 6.19. The molecule has 5 heteroatoms. The van der Waals surface area contributed by atoms with Gasteiger partial charge in [-0.05, 0) is 0 Å². The van der Waals surface area contributed by atoms with E-state index in [9.17, 15) is 0 Å². The first-order valence-electron chi connectivity index (χ1n) is 4.79. The predicted octanol–water partition coefficient (Wildman–Crippen LogP) is 2.81. The van der Waals surface area contributed by atoms with Crippen molar-refractivity contribution < 1.29 is 3.63 Å². The van der Waals surface area contributed by atoms with E-state index in [1.165, 1.54) is 24.5 Å². The highest BCUT2D eigenvalue weighted by Crippen LogP contribution is 2.21. The second kappa shape index (κ2) is 9.15. The highest BCUT2D eigenvalue weighted by molar-refractivity contribution is 8.05. The van der Waals surface area contributed by atoms with Gasteiger partial charge in [-0.3, -0.25) is 0 Å². The highest BCUT2D eigenvalue weighted by atomic mass is 32.2. The third kappa shape index (κ3) is 6.62. The van der Waals surface area contributed by atoms with Gasteiger partial charge in [0.05, 0.1) is 24.5 Å². The van der Waals surface area contributed by atoms with E-state index in [1.54, 1.807) is 0 Å². The molecule has 0 spiro atoms. The average Bonchev–Trinajstić information content (AvgIpc) is 2.19. The Hall–Kier alpha value is 0.580. The van der Waals surface area contributed by atoms with Crippen molar-refractivity contribution in [2.45, 2.75) is 27.7 Å². The van der Waals surface area contributed by atoms with Crippen LogP contribution in [0.1, 0.15) is 27.7 Å². The van der Waals surface area contributed by atoms with Crippen LogP contribution in [-0.4, -0.2) is 34.8 Å². The standard InChI is InChI=1S/C8H20N2OS2/c1-5-9(6-2)12-11-13-10(7-3)8-4/h5-8H2,1-4H3. The molecule has 0 aliphatic carbocycles. The Bertz CT molecular complexity index is 96.3. The highest BCUT2D eigenvalue weighted by Gasteiger charge is 2.04. The molecule has 0 N–H and O–H groups in total. The van der Waals surface area contributed by atoms with Crippen LogP contribution < -0.4 is 0 Å². The molecule has 0 aliphatic rings. The summed E-state index contributed by atoms with van der Waals surface area (Å²) in [7, 11) is 0. The lowest BCUT2D eigenvalue weighted by molar-refractivity contribution is 0.468. The summed E-state index contributed by atoms with van der Waals surface area (Å²) >= 11 is 2.87. The molecule has 80 valence electrons. The molecule has 0 bridgehead atoms. The Morgan fingerprint density at radius 3 is 1.31 bits per heavy atom. The number of rotatable bonds is 8. The van der Waals surface area contributed by atoms with Crippen molar-refractivity contribution in [1.82, 2.24) is 8.61 Å². The fourth-order valence-corrected chi connectivity index (χ4v) is 1.98. The Morgan fingerprint density at radius 2 is 1.08 bits per heavy atom. The van der Waals surface area contributed by atoms with Gasteiger partial charge in [-0.2, -0.15) is 0 Å². The van der Waals surface area contributed by atoms with Crippen LogP contribution in [0, 0.1) is 0 Å². The molecule has 3 nitrogen and oxygen atoms in total. The maximum absolute atomic E-state index is 5.41. The summed E-state index contributed by atoms with van der Waals surface area (Å²) in [5, 5.41) is 0. The zero-order valence-corrected chi connectivity index (χ0v) is 10.6. The lowest BCUT2D eigenvalue weighted by atomic mass is 10.7. The maximum Gasteiger partial charge on any atom is 0.0980 e. The van der Waals surface area contributed by atoms with Crippen LogP contribution in [-0.2, 0) is 3.63 Å². The summed E-state index contributed by atoms with van der Waals surface area (Å²) in [5.74, 6) is 0. The van der Waals surface area contributed by atoms with E-state index in [4.69, 9.17) is 3.63 Å². The molecule has 0 heterocycles. The topological polar surface area (TPSA) is 15.7 Å². The second-order valence-corrected chi connectivity index (χ2v) is 4.32. The lowest BCUT2D eigenvalue weighted by Crippen LogP contribution is -2.16. The molecule has 0 aromatic rings. The first kappa shape index (κ1) is 13.6. The summed E-state index contributed by atoms with van der Waals surface area (Å²) in [4.78, 5) is 0. The minimum Gasteiger partial charge on any atom is -0.226 e. The Balaban J connectivity index is 3.41. The Kier molecular flexibility index (Phi) is 9.56. The molecule has 0 atom stereocenters. The van der Waals surface area contributed by atoms with E-state index >= 15 is 0 Å². The molecule has 0 amide bonds. The molecule has 0 saturated carbocycles. The Labute approximate surface area is 90.9 Å². The smallest absolute Gasteiger partial charge is 0.0980 e. The van der Waals surface area contributed by atoms with Crippen LogP contribution in [0.4, 0.5) is 0 Å². The predicted molar refractivity (Wildman–Crippen MR) is 62.1 cm³/mol. The third-order valence-corrected chi connectivity index (χ3v) is 3.62. The van der Waals surface area contributed by atoms with Gasteiger partial charge < -0.3 is 0 Å². The van der Waals surface area contributed by atoms with Crippen molar-refractivity contribution in [3.05, 3.63) is 0 Å². The van der Waals surface area contributed by atoms with Gasteiger partial charge >= 0.3 is 0 Å². The maximum atomic E-state index is 5.41. The van der Waals surface area contributed by atoms with Gasteiger partial charge in [-0.15, -0.1) is 0 Å². The van der Waals surface area contributed by atoms with Gasteiger partial charge in [-0.25, -0.2) is 12.2 Å². The molecule has 0 aromatic heterocycles. The summed E-state index contributed by atoms with van der Waals surface area (Å²) in [5.41, 5.74) is 0. The van der Waals surface area contributed by atoms with E-state index in [1.807, 2.05) is 0 Å². The van der Waals surface area contributed by atoms with Gasteiger partial charge in [0.2, 0.25) is 0 Å². The number of hydrogen-bond acceptors (Lipinski definition) is 5. The van der Waals surface area contributed by atoms with Crippen LogP contribution in [0.3, 0.4) is 0 Å². The van der Waals surface area contributed by atoms with Crippen molar-refractivity contribution in [2.75, 3.05) is 26.2 Å². The van der Waals surface area contributed by atoms with Crippen LogP contribution in [0.2, 0.25) is 0 Å². The zero-order valence-electron chi connectivity index (χ0n) is 8.95. The fraction of sp³-hybridized carbons (Fsp3) is 1.00. The molecule has 0 aliphatic heterocycles. The zero-order chi connectivity index (χ0) is 10.1. The van der Waals surface area contributed by atoms with E-state index in [0.29, 0.717) is 0 Å². The first-order chi connectivity index (χ1) is 6.28. The molecule has 0 radical (unpaired) electrons. The van der Waals surface area contributed by atoms with Crippen LogP contribution in [0.5, 0.6) is 0 Å². The molecule has 13 heavy (non-hydrogen) atoms. The van der Waals surface area contributed by atoms with Gasteiger partial charge in [0.15, 0.2) is 0 Å². The Morgan fingerprint density at radius 1 is 0.769 bits per heavy atom. The quantitative estimate of drug-likeness (QED) is 0.464. The molecule has 0 fully saturated rings. The van der Waals surface area contributed by atoms with Gasteiger partial charge in [0, 0.05) is 26.2 Å². The molecular weight excluding hydrogens is 204 g/mol. The molecule has 0 unspecified atom stereocenters. The van der Waals surface area contributed by atoms with Gasteiger partial charge in [0.25, 0.3) is 0 Å². The van der Waals surface area contributed by atoms with Crippen LogP contribution in [0.25, 0.3) is 0 Å². The SMILES string of the molecule is CCN(CC)SOSN(CC)CC. The summed E-state index contributed by atoms with van der Waals surface area (Å²) in [6.45, 7) is 12.6. The molecule has 0 aromatic carbocycles. The molecule has 0 saturated heterocycles. The van der Waals surface area contributed by atoms with E-state index in [2.05, 4.69) is 36.3 Å². The second-order valence-electron chi connectivity index (χ2n) is 2.45. The van der Waals surface area contributed by atoms with Gasteiger partial charge in [0.1, 0.15) is 0 Å². The summed E-state index contributed by atoms with van der Waals surface area (Å²) in [6.07, 6.45) is 0. The number of hydrogen-bond donors (Lipinski definition) is 0. The van der Waals surface area contributed by atoms with Crippen LogP contribution >= 0.6 is 24.5 Å². The summed E-state index contributed by atoms with van der Waals surface area (Å²) < 4.78 is 9.73. The van der Waals surface area contributed by atoms with Gasteiger partial charge in [-0.1, -0.05) is 27.7 Å². The van der Waals surface area contributed by atoms with E-state index in [-0.39, 0.29) is 0 Å². The van der Waals surface area contributed by atoms with E-state index in [0.717, 1.165) is 26.2 Å². The van der Waals surface area contributed by atoms with E-state index < -0.39 is 0 Å².